The summed E-state index contributed by atoms with van der Waals surface area (Å²) in [7, 11) is 0. The van der Waals surface area contributed by atoms with Crippen molar-refractivity contribution < 1.29 is 0 Å². The normalized spacial score (nSPS) is 12.1. The van der Waals surface area contributed by atoms with Crippen molar-refractivity contribution in [3.05, 3.63) is 59.5 Å². The van der Waals surface area contributed by atoms with E-state index in [-0.39, 0.29) is 0 Å². The molecular formula is C15H19N. The van der Waals surface area contributed by atoms with E-state index in [1.165, 1.54) is 11.1 Å². The van der Waals surface area contributed by atoms with Gasteiger partial charge in [0.1, 0.15) is 0 Å². The molecule has 0 atom stereocenters. The zero-order valence-corrected chi connectivity index (χ0v) is 10.5. The fourth-order valence-electron chi connectivity index (χ4n) is 1.67. The number of aryl methyl sites for hydroxylation is 2. The van der Waals surface area contributed by atoms with Crippen LogP contribution in [-0.4, -0.2) is 4.98 Å². The highest BCUT2D eigenvalue weighted by atomic mass is 14.7. The van der Waals surface area contributed by atoms with Gasteiger partial charge in [0, 0.05) is 11.4 Å². The van der Waals surface area contributed by atoms with Crippen molar-refractivity contribution in [3.63, 3.8) is 0 Å². The lowest BCUT2D eigenvalue weighted by molar-refractivity contribution is 1.12. The Balaban J connectivity index is 3.26. The topological polar surface area (TPSA) is 12.9 Å². The van der Waals surface area contributed by atoms with Crippen molar-refractivity contribution in [1.82, 2.24) is 4.98 Å². The maximum atomic E-state index is 4.38. The Bertz CT molecular complexity index is 430. The molecule has 84 valence electrons. The number of rotatable bonds is 3. The summed E-state index contributed by atoms with van der Waals surface area (Å²) in [5, 5.41) is 0. The van der Waals surface area contributed by atoms with Crippen LogP contribution in [0.5, 0.6) is 0 Å². The third-order valence-electron chi connectivity index (χ3n) is 2.16. The predicted molar refractivity (Wildman–Crippen MR) is 71.3 cm³/mol. The van der Waals surface area contributed by atoms with Gasteiger partial charge in [-0.2, -0.15) is 0 Å². The van der Waals surface area contributed by atoms with Crippen LogP contribution in [0.3, 0.4) is 0 Å². The number of pyridine rings is 1. The molecule has 0 aliphatic rings. The van der Waals surface area contributed by atoms with E-state index in [1.807, 2.05) is 33.8 Å². The molecule has 1 heterocycles. The van der Waals surface area contributed by atoms with Crippen LogP contribution >= 0.6 is 0 Å². The zero-order valence-electron chi connectivity index (χ0n) is 10.5. The van der Waals surface area contributed by atoms with Crippen molar-refractivity contribution in [2.45, 2.75) is 27.7 Å². The summed E-state index contributed by atoms with van der Waals surface area (Å²) in [6.45, 7) is 12.0. The van der Waals surface area contributed by atoms with Gasteiger partial charge in [-0.1, -0.05) is 30.4 Å². The highest BCUT2D eigenvalue weighted by molar-refractivity contribution is 5.76. The monoisotopic (exact) mass is 213 g/mol. The van der Waals surface area contributed by atoms with Gasteiger partial charge >= 0.3 is 0 Å². The molecule has 1 heteroatoms. The maximum absolute atomic E-state index is 4.38. The standard InChI is InChI=1S/C15H19N/c1-6-7-14(8-11(2)3)15-9-12(4)16-13(5)10-15/h6-10H,2H2,1,3-5H3/b7-6-,14-8+. The predicted octanol–water partition coefficient (Wildman–Crippen LogP) is 4.23. The van der Waals surface area contributed by atoms with E-state index >= 15 is 0 Å². The summed E-state index contributed by atoms with van der Waals surface area (Å²) in [4.78, 5) is 4.38. The zero-order chi connectivity index (χ0) is 12.1. The number of hydrogen-bond acceptors (Lipinski definition) is 1. The first-order chi connectivity index (χ1) is 7.52. The van der Waals surface area contributed by atoms with Crippen LogP contribution in [-0.2, 0) is 0 Å². The quantitative estimate of drug-likeness (QED) is 0.684. The lowest BCUT2D eigenvalue weighted by atomic mass is 10.0. The average Bonchev–Trinajstić information content (AvgIpc) is 2.14. The molecule has 0 saturated carbocycles. The highest BCUT2D eigenvalue weighted by Crippen LogP contribution is 2.19. The Labute approximate surface area is 98.2 Å². The molecule has 0 saturated heterocycles. The number of allylic oxidation sites excluding steroid dienone is 5. The molecule has 0 spiro atoms. The molecule has 0 aliphatic carbocycles. The minimum Gasteiger partial charge on any atom is -0.258 e. The lowest BCUT2D eigenvalue weighted by Crippen LogP contribution is -1.90. The Kier molecular flexibility index (Phi) is 4.24. The molecule has 16 heavy (non-hydrogen) atoms. The van der Waals surface area contributed by atoms with Gasteiger partial charge in [-0.25, -0.2) is 0 Å². The summed E-state index contributed by atoms with van der Waals surface area (Å²) < 4.78 is 0. The van der Waals surface area contributed by atoms with Crippen molar-refractivity contribution in [1.29, 1.82) is 0 Å². The van der Waals surface area contributed by atoms with E-state index in [9.17, 15) is 0 Å². The van der Waals surface area contributed by atoms with Gasteiger partial charge in [0.25, 0.3) is 0 Å². The van der Waals surface area contributed by atoms with Crippen LogP contribution in [0.4, 0.5) is 0 Å². The first-order valence-corrected chi connectivity index (χ1v) is 5.48. The molecule has 0 amide bonds. The highest BCUT2D eigenvalue weighted by Gasteiger charge is 2.00. The molecule has 0 aromatic carbocycles. The van der Waals surface area contributed by atoms with Crippen molar-refractivity contribution in [2.75, 3.05) is 0 Å². The van der Waals surface area contributed by atoms with Crippen molar-refractivity contribution in [2.24, 2.45) is 0 Å². The minimum absolute atomic E-state index is 1.05. The average molecular weight is 213 g/mol. The van der Waals surface area contributed by atoms with Crippen LogP contribution in [0.25, 0.3) is 5.57 Å². The Hall–Kier alpha value is -1.63. The smallest absolute Gasteiger partial charge is 0.0382 e. The maximum Gasteiger partial charge on any atom is 0.0382 e. The number of aromatic nitrogens is 1. The first-order valence-electron chi connectivity index (χ1n) is 5.48. The van der Waals surface area contributed by atoms with E-state index < -0.39 is 0 Å². The fraction of sp³-hybridized carbons (Fsp3) is 0.267. The van der Waals surface area contributed by atoms with Gasteiger partial charge in [0.15, 0.2) is 0 Å². The summed E-state index contributed by atoms with van der Waals surface area (Å²) >= 11 is 0. The second-order valence-corrected chi connectivity index (χ2v) is 4.08. The van der Waals surface area contributed by atoms with Gasteiger partial charge in [-0.15, -0.1) is 0 Å². The molecule has 1 aromatic heterocycles. The lowest BCUT2D eigenvalue weighted by Gasteiger charge is -2.06. The summed E-state index contributed by atoms with van der Waals surface area (Å²) in [6, 6.07) is 4.20. The van der Waals surface area contributed by atoms with Crippen LogP contribution in [0.2, 0.25) is 0 Å². The largest absolute Gasteiger partial charge is 0.258 e. The molecule has 0 bridgehead atoms. The van der Waals surface area contributed by atoms with Gasteiger partial charge in [-0.05, 0) is 51.0 Å². The van der Waals surface area contributed by atoms with Crippen LogP contribution in [0.1, 0.15) is 30.8 Å². The van der Waals surface area contributed by atoms with Crippen molar-refractivity contribution in [3.8, 4) is 0 Å². The Morgan fingerprint density at radius 3 is 2.25 bits per heavy atom. The van der Waals surface area contributed by atoms with E-state index in [0.29, 0.717) is 0 Å². The van der Waals surface area contributed by atoms with Crippen LogP contribution < -0.4 is 0 Å². The molecule has 0 fully saturated rings. The first kappa shape index (κ1) is 12.4. The van der Waals surface area contributed by atoms with E-state index in [1.54, 1.807) is 0 Å². The summed E-state index contributed by atoms with van der Waals surface area (Å²) in [5.41, 5.74) is 5.54. The van der Waals surface area contributed by atoms with E-state index in [2.05, 4.69) is 35.8 Å². The third kappa shape index (κ3) is 3.50. The molecule has 0 unspecified atom stereocenters. The van der Waals surface area contributed by atoms with Gasteiger partial charge in [0.05, 0.1) is 0 Å². The van der Waals surface area contributed by atoms with Crippen LogP contribution in [0.15, 0.2) is 42.5 Å². The van der Waals surface area contributed by atoms with Crippen molar-refractivity contribution >= 4 is 5.57 Å². The molecule has 0 aliphatic heterocycles. The molecular weight excluding hydrogens is 194 g/mol. The Morgan fingerprint density at radius 2 is 1.81 bits per heavy atom. The molecule has 1 rings (SSSR count). The van der Waals surface area contributed by atoms with E-state index in [4.69, 9.17) is 0 Å². The minimum atomic E-state index is 1.05. The summed E-state index contributed by atoms with van der Waals surface area (Å²) in [6.07, 6.45) is 6.23. The van der Waals surface area contributed by atoms with Gasteiger partial charge in [-0.3, -0.25) is 4.98 Å². The SMILES string of the molecule is C=C(C)/C=C(\C=C/C)c1cc(C)nc(C)c1. The molecule has 0 N–H and O–H groups in total. The van der Waals surface area contributed by atoms with Gasteiger partial charge in [0.2, 0.25) is 0 Å². The number of hydrogen-bond donors (Lipinski definition) is 0. The summed E-state index contributed by atoms with van der Waals surface area (Å²) in [5.74, 6) is 0. The molecule has 1 nitrogen and oxygen atoms in total. The molecule has 1 aromatic rings. The second kappa shape index (κ2) is 5.45. The van der Waals surface area contributed by atoms with E-state index in [0.717, 1.165) is 17.0 Å². The number of nitrogens with zero attached hydrogens (tertiary/aromatic N) is 1. The third-order valence-corrected chi connectivity index (χ3v) is 2.16. The Morgan fingerprint density at radius 1 is 1.25 bits per heavy atom. The van der Waals surface area contributed by atoms with Crippen LogP contribution in [0, 0.1) is 13.8 Å². The second-order valence-electron chi connectivity index (χ2n) is 4.08. The molecule has 0 radical (unpaired) electrons. The fourth-order valence-corrected chi connectivity index (χ4v) is 1.67. The van der Waals surface area contributed by atoms with Gasteiger partial charge < -0.3 is 0 Å².